The van der Waals surface area contributed by atoms with Gasteiger partial charge in [0.1, 0.15) is 11.1 Å². The third-order valence-corrected chi connectivity index (χ3v) is 3.00. The smallest absolute Gasteiger partial charge is 0.374 e. The van der Waals surface area contributed by atoms with Crippen molar-refractivity contribution in [2.24, 2.45) is 0 Å². The van der Waals surface area contributed by atoms with Gasteiger partial charge in [-0.15, -0.1) is 0 Å². The highest BCUT2D eigenvalue weighted by molar-refractivity contribution is 6.12. The van der Waals surface area contributed by atoms with Crippen LogP contribution in [0.15, 0.2) is 16.5 Å². The standard InChI is InChI=1S/C14H14O5/c1-7-5-6-8(2)11-9(7)10(13(15)17-3)12(19-11)14(16)18-4/h5-6H,1-4H3. The number of ether oxygens (including phenoxy) is 2. The van der Waals surface area contributed by atoms with Gasteiger partial charge in [0.15, 0.2) is 0 Å². The van der Waals surface area contributed by atoms with Crippen LogP contribution in [0.2, 0.25) is 0 Å². The summed E-state index contributed by atoms with van der Waals surface area (Å²) in [6, 6.07) is 3.73. The van der Waals surface area contributed by atoms with Gasteiger partial charge in [-0.2, -0.15) is 0 Å². The van der Waals surface area contributed by atoms with Gasteiger partial charge in [-0.1, -0.05) is 12.1 Å². The van der Waals surface area contributed by atoms with Gasteiger partial charge in [0.25, 0.3) is 0 Å². The van der Waals surface area contributed by atoms with E-state index in [0.29, 0.717) is 11.0 Å². The van der Waals surface area contributed by atoms with Crippen LogP contribution in [0, 0.1) is 13.8 Å². The Morgan fingerprint density at radius 1 is 1.00 bits per heavy atom. The molecule has 5 heteroatoms. The number of aryl methyl sites for hydroxylation is 2. The number of methoxy groups -OCH3 is 2. The molecule has 1 aromatic heterocycles. The van der Waals surface area contributed by atoms with E-state index in [1.165, 1.54) is 14.2 Å². The van der Waals surface area contributed by atoms with Crippen LogP contribution in [0.1, 0.15) is 32.0 Å². The minimum atomic E-state index is -0.699. The van der Waals surface area contributed by atoms with Crippen LogP contribution in [-0.4, -0.2) is 26.2 Å². The number of carbonyl (C=O) groups excluding carboxylic acids is 2. The summed E-state index contributed by atoms with van der Waals surface area (Å²) in [6.45, 7) is 3.68. The summed E-state index contributed by atoms with van der Waals surface area (Å²) in [5.74, 6) is -1.44. The molecule has 19 heavy (non-hydrogen) atoms. The fourth-order valence-corrected chi connectivity index (χ4v) is 2.03. The summed E-state index contributed by atoms with van der Waals surface area (Å²) in [7, 11) is 2.49. The molecule has 0 saturated heterocycles. The van der Waals surface area contributed by atoms with Crippen molar-refractivity contribution in [2.45, 2.75) is 13.8 Å². The van der Waals surface area contributed by atoms with Crippen molar-refractivity contribution >= 4 is 22.9 Å². The molecule has 0 spiro atoms. The van der Waals surface area contributed by atoms with Crippen LogP contribution in [-0.2, 0) is 9.47 Å². The Morgan fingerprint density at radius 3 is 2.16 bits per heavy atom. The van der Waals surface area contributed by atoms with E-state index in [1.807, 2.05) is 26.0 Å². The van der Waals surface area contributed by atoms with Crippen LogP contribution in [0.3, 0.4) is 0 Å². The van der Waals surface area contributed by atoms with Crippen LogP contribution in [0.4, 0.5) is 0 Å². The first kappa shape index (κ1) is 13.1. The van der Waals surface area contributed by atoms with E-state index in [1.54, 1.807) is 0 Å². The predicted octanol–water partition coefficient (Wildman–Crippen LogP) is 2.62. The van der Waals surface area contributed by atoms with E-state index < -0.39 is 11.9 Å². The number of furan rings is 1. The lowest BCUT2D eigenvalue weighted by atomic mass is 10.0. The van der Waals surface area contributed by atoms with Gasteiger partial charge in [-0.3, -0.25) is 0 Å². The lowest BCUT2D eigenvalue weighted by Crippen LogP contribution is -2.09. The van der Waals surface area contributed by atoms with Crippen molar-refractivity contribution in [3.63, 3.8) is 0 Å². The monoisotopic (exact) mass is 262 g/mol. The Bertz CT molecular complexity index is 666. The average Bonchev–Trinajstić information content (AvgIpc) is 2.82. The predicted molar refractivity (Wildman–Crippen MR) is 68.4 cm³/mol. The van der Waals surface area contributed by atoms with Gasteiger partial charge in [-0.05, 0) is 25.0 Å². The van der Waals surface area contributed by atoms with Crippen molar-refractivity contribution in [1.29, 1.82) is 0 Å². The molecule has 0 aliphatic carbocycles. The summed E-state index contributed by atoms with van der Waals surface area (Å²) in [5, 5.41) is 0.590. The molecule has 0 saturated carbocycles. The summed E-state index contributed by atoms with van der Waals surface area (Å²) in [6.07, 6.45) is 0. The van der Waals surface area contributed by atoms with Gasteiger partial charge in [0.2, 0.25) is 5.76 Å². The highest BCUT2D eigenvalue weighted by Crippen LogP contribution is 2.32. The molecule has 0 amide bonds. The van der Waals surface area contributed by atoms with Crippen LogP contribution in [0.25, 0.3) is 11.0 Å². The van der Waals surface area contributed by atoms with E-state index in [9.17, 15) is 9.59 Å². The average molecular weight is 262 g/mol. The molecule has 2 aromatic rings. The Kier molecular flexibility index (Phi) is 3.29. The Morgan fingerprint density at radius 2 is 1.58 bits per heavy atom. The van der Waals surface area contributed by atoms with E-state index >= 15 is 0 Å². The molecule has 0 radical (unpaired) electrons. The third kappa shape index (κ3) is 1.97. The minimum absolute atomic E-state index is 0.116. The van der Waals surface area contributed by atoms with Crippen molar-refractivity contribution < 1.29 is 23.5 Å². The second-order valence-corrected chi connectivity index (χ2v) is 4.19. The Labute approximate surface area is 110 Å². The molecular formula is C14H14O5. The first-order valence-corrected chi connectivity index (χ1v) is 5.70. The topological polar surface area (TPSA) is 65.7 Å². The van der Waals surface area contributed by atoms with E-state index in [4.69, 9.17) is 9.15 Å². The fraction of sp³-hybridized carbons (Fsp3) is 0.286. The molecule has 0 fully saturated rings. The maximum Gasteiger partial charge on any atom is 0.374 e. The largest absolute Gasteiger partial charge is 0.465 e. The Balaban J connectivity index is 2.89. The lowest BCUT2D eigenvalue weighted by molar-refractivity contribution is 0.0531. The number of rotatable bonds is 2. The molecule has 0 aliphatic rings. The zero-order valence-electron chi connectivity index (χ0n) is 11.2. The normalized spacial score (nSPS) is 10.5. The highest BCUT2D eigenvalue weighted by Gasteiger charge is 2.28. The molecule has 0 aliphatic heterocycles. The number of esters is 2. The Hall–Kier alpha value is -2.30. The molecule has 1 heterocycles. The zero-order valence-corrected chi connectivity index (χ0v) is 11.2. The maximum atomic E-state index is 11.9. The quantitative estimate of drug-likeness (QED) is 0.778. The van der Waals surface area contributed by atoms with Gasteiger partial charge < -0.3 is 13.9 Å². The van der Waals surface area contributed by atoms with Gasteiger partial charge in [0, 0.05) is 5.39 Å². The molecule has 100 valence electrons. The SMILES string of the molecule is COC(=O)c1oc2c(C)ccc(C)c2c1C(=O)OC. The zero-order chi connectivity index (χ0) is 14.2. The van der Waals surface area contributed by atoms with Crippen molar-refractivity contribution in [3.8, 4) is 0 Å². The van der Waals surface area contributed by atoms with Gasteiger partial charge in [-0.25, -0.2) is 9.59 Å². The highest BCUT2D eigenvalue weighted by atomic mass is 16.5. The van der Waals surface area contributed by atoms with Crippen LogP contribution in [0.5, 0.6) is 0 Å². The summed E-state index contributed by atoms with van der Waals surface area (Å²) < 4.78 is 14.9. The van der Waals surface area contributed by atoms with Gasteiger partial charge in [0.05, 0.1) is 14.2 Å². The number of carbonyl (C=O) groups is 2. The number of benzene rings is 1. The minimum Gasteiger partial charge on any atom is -0.465 e. The fourth-order valence-electron chi connectivity index (χ4n) is 2.03. The second kappa shape index (κ2) is 4.76. The molecule has 0 N–H and O–H groups in total. The van der Waals surface area contributed by atoms with E-state index in [-0.39, 0.29) is 11.3 Å². The molecule has 2 rings (SSSR count). The number of hydrogen-bond donors (Lipinski definition) is 0. The maximum absolute atomic E-state index is 11.9. The first-order valence-electron chi connectivity index (χ1n) is 5.70. The van der Waals surface area contributed by atoms with E-state index in [0.717, 1.165) is 11.1 Å². The van der Waals surface area contributed by atoms with Crippen molar-refractivity contribution in [1.82, 2.24) is 0 Å². The molecule has 0 unspecified atom stereocenters. The lowest BCUT2D eigenvalue weighted by Gasteiger charge is -2.01. The number of fused-ring (bicyclic) bond motifs is 1. The van der Waals surface area contributed by atoms with Crippen LogP contribution < -0.4 is 0 Å². The molecule has 0 bridgehead atoms. The molecule has 5 nitrogen and oxygen atoms in total. The van der Waals surface area contributed by atoms with Crippen LogP contribution >= 0.6 is 0 Å². The molecular weight excluding hydrogens is 248 g/mol. The van der Waals surface area contributed by atoms with Crippen molar-refractivity contribution in [2.75, 3.05) is 14.2 Å². The van der Waals surface area contributed by atoms with Crippen molar-refractivity contribution in [3.05, 3.63) is 34.6 Å². The first-order chi connectivity index (χ1) is 9.01. The molecule has 0 atom stereocenters. The summed E-state index contributed by atoms with van der Waals surface area (Å²) >= 11 is 0. The molecule has 1 aromatic carbocycles. The number of hydrogen-bond acceptors (Lipinski definition) is 5. The summed E-state index contributed by atoms with van der Waals surface area (Å²) in [5.41, 5.74) is 2.28. The third-order valence-electron chi connectivity index (χ3n) is 3.00. The summed E-state index contributed by atoms with van der Waals surface area (Å²) in [4.78, 5) is 23.6. The second-order valence-electron chi connectivity index (χ2n) is 4.19. The van der Waals surface area contributed by atoms with Gasteiger partial charge >= 0.3 is 11.9 Å². The van der Waals surface area contributed by atoms with E-state index in [2.05, 4.69) is 4.74 Å².